The summed E-state index contributed by atoms with van der Waals surface area (Å²) < 4.78 is 0. The van der Waals surface area contributed by atoms with Crippen LogP contribution in [0, 0.1) is 0 Å². The van der Waals surface area contributed by atoms with Gasteiger partial charge in [0.1, 0.15) is 0 Å². The Morgan fingerprint density at radius 1 is 1.33 bits per heavy atom. The SMILES string of the molecule is Nc1n[nH]c(C(=O)Nc2ccc(N3CCCC3=O)cc2)n1. The molecule has 2 amide bonds. The number of amides is 2. The third-order valence-corrected chi connectivity index (χ3v) is 3.23. The number of carbonyl (C=O) groups excluding carboxylic acids is 2. The molecular formula is C13H14N6O2. The minimum absolute atomic E-state index is 0.0167. The van der Waals surface area contributed by atoms with E-state index in [0.717, 1.165) is 18.7 Å². The Balaban J connectivity index is 1.69. The molecule has 108 valence electrons. The van der Waals surface area contributed by atoms with Crippen LogP contribution in [0.1, 0.15) is 23.5 Å². The van der Waals surface area contributed by atoms with Gasteiger partial charge in [-0.3, -0.25) is 14.7 Å². The fourth-order valence-electron chi connectivity index (χ4n) is 2.21. The number of benzene rings is 1. The van der Waals surface area contributed by atoms with E-state index in [1.807, 2.05) is 0 Å². The summed E-state index contributed by atoms with van der Waals surface area (Å²) in [4.78, 5) is 29.0. The zero-order valence-electron chi connectivity index (χ0n) is 11.2. The van der Waals surface area contributed by atoms with Crippen LogP contribution in [-0.4, -0.2) is 33.5 Å². The van der Waals surface area contributed by atoms with Crippen LogP contribution in [0.15, 0.2) is 24.3 Å². The Bertz CT molecular complexity index is 678. The van der Waals surface area contributed by atoms with Crippen molar-refractivity contribution < 1.29 is 9.59 Å². The van der Waals surface area contributed by atoms with Gasteiger partial charge in [-0.05, 0) is 30.7 Å². The molecule has 1 aromatic heterocycles. The smallest absolute Gasteiger partial charge is 0.293 e. The van der Waals surface area contributed by atoms with Gasteiger partial charge >= 0.3 is 0 Å². The molecule has 0 saturated carbocycles. The van der Waals surface area contributed by atoms with Crippen molar-refractivity contribution in [2.24, 2.45) is 0 Å². The van der Waals surface area contributed by atoms with E-state index >= 15 is 0 Å². The summed E-state index contributed by atoms with van der Waals surface area (Å²) in [6, 6.07) is 7.07. The van der Waals surface area contributed by atoms with Crippen molar-refractivity contribution in [3.8, 4) is 0 Å². The van der Waals surface area contributed by atoms with Crippen LogP contribution in [0.25, 0.3) is 0 Å². The molecule has 2 aromatic rings. The molecule has 0 aliphatic carbocycles. The number of anilines is 3. The number of rotatable bonds is 3. The van der Waals surface area contributed by atoms with E-state index < -0.39 is 5.91 Å². The fourth-order valence-corrected chi connectivity index (χ4v) is 2.21. The molecule has 8 nitrogen and oxygen atoms in total. The molecule has 1 aliphatic heterocycles. The molecule has 1 fully saturated rings. The zero-order valence-corrected chi connectivity index (χ0v) is 11.2. The number of nitrogens with one attached hydrogen (secondary N) is 2. The molecule has 1 saturated heterocycles. The van der Waals surface area contributed by atoms with E-state index in [0.29, 0.717) is 12.1 Å². The lowest BCUT2D eigenvalue weighted by atomic mass is 10.2. The third-order valence-electron chi connectivity index (χ3n) is 3.23. The second kappa shape index (κ2) is 5.23. The molecule has 0 radical (unpaired) electrons. The molecule has 21 heavy (non-hydrogen) atoms. The van der Waals surface area contributed by atoms with Crippen molar-refractivity contribution in [1.82, 2.24) is 15.2 Å². The van der Waals surface area contributed by atoms with E-state index in [4.69, 9.17) is 5.73 Å². The van der Waals surface area contributed by atoms with Crippen LogP contribution in [0.2, 0.25) is 0 Å². The maximum atomic E-state index is 11.9. The van der Waals surface area contributed by atoms with Crippen LogP contribution < -0.4 is 16.0 Å². The molecule has 0 spiro atoms. The van der Waals surface area contributed by atoms with Gasteiger partial charge in [-0.15, -0.1) is 5.10 Å². The van der Waals surface area contributed by atoms with Crippen molar-refractivity contribution in [3.63, 3.8) is 0 Å². The molecule has 2 heterocycles. The highest BCUT2D eigenvalue weighted by atomic mass is 16.2. The zero-order chi connectivity index (χ0) is 14.8. The lowest BCUT2D eigenvalue weighted by Gasteiger charge is -2.15. The Labute approximate surface area is 120 Å². The predicted molar refractivity (Wildman–Crippen MR) is 76.8 cm³/mol. The monoisotopic (exact) mass is 286 g/mol. The Hall–Kier alpha value is -2.90. The number of H-pyrrole nitrogens is 1. The minimum atomic E-state index is -0.427. The largest absolute Gasteiger partial charge is 0.366 e. The number of carbonyl (C=O) groups is 2. The summed E-state index contributed by atoms with van der Waals surface area (Å²) in [5, 5.41) is 8.70. The topological polar surface area (TPSA) is 117 Å². The summed E-state index contributed by atoms with van der Waals surface area (Å²) >= 11 is 0. The minimum Gasteiger partial charge on any atom is -0.366 e. The number of hydrogen-bond donors (Lipinski definition) is 3. The maximum absolute atomic E-state index is 11.9. The Morgan fingerprint density at radius 2 is 2.10 bits per heavy atom. The number of nitrogen functional groups attached to an aromatic ring is 1. The van der Waals surface area contributed by atoms with E-state index in [-0.39, 0.29) is 17.7 Å². The second-order valence-corrected chi connectivity index (χ2v) is 4.69. The van der Waals surface area contributed by atoms with Crippen molar-refractivity contribution in [2.75, 3.05) is 22.5 Å². The van der Waals surface area contributed by atoms with Gasteiger partial charge in [0.15, 0.2) is 0 Å². The second-order valence-electron chi connectivity index (χ2n) is 4.69. The summed E-state index contributed by atoms with van der Waals surface area (Å²) in [5.41, 5.74) is 6.78. The standard InChI is InChI=1S/C13H14N6O2/c14-13-16-11(17-18-13)12(21)15-8-3-5-9(6-4-8)19-7-1-2-10(19)20/h3-6H,1-2,7H2,(H,15,21)(H3,14,16,17,18). The van der Waals surface area contributed by atoms with Gasteiger partial charge in [0.05, 0.1) is 0 Å². The summed E-state index contributed by atoms with van der Waals surface area (Å²) in [7, 11) is 0. The van der Waals surface area contributed by atoms with Crippen LogP contribution in [0.4, 0.5) is 17.3 Å². The van der Waals surface area contributed by atoms with Crippen LogP contribution in [-0.2, 0) is 4.79 Å². The average Bonchev–Trinajstić information content (AvgIpc) is 3.08. The first kappa shape index (κ1) is 13.1. The highest BCUT2D eigenvalue weighted by Gasteiger charge is 2.21. The van der Waals surface area contributed by atoms with Crippen molar-refractivity contribution >= 4 is 29.1 Å². The molecule has 3 rings (SSSR count). The molecule has 0 bridgehead atoms. The van der Waals surface area contributed by atoms with E-state index in [1.165, 1.54) is 0 Å². The third kappa shape index (κ3) is 2.69. The van der Waals surface area contributed by atoms with E-state index in [1.54, 1.807) is 29.2 Å². The van der Waals surface area contributed by atoms with Gasteiger partial charge in [0, 0.05) is 24.3 Å². The van der Waals surface area contributed by atoms with Gasteiger partial charge < -0.3 is 16.0 Å². The van der Waals surface area contributed by atoms with Crippen LogP contribution in [0.5, 0.6) is 0 Å². The van der Waals surface area contributed by atoms with Gasteiger partial charge in [-0.1, -0.05) is 0 Å². The molecule has 1 aromatic carbocycles. The maximum Gasteiger partial charge on any atom is 0.293 e. The number of aromatic amines is 1. The molecule has 4 N–H and O–H groups in total. The molecular weight excluding hydrogens is 272 g/mol. The molecule has 0 unspecified atom stereocenters. The molecule has 1 aliphatic rings. The average molecular weight is 286 g/mol. The molecule has 8 heteroatoms. The predicted octanol–water partition coefficient (Wildman–Crippen LogP) is 0.766. The normalized spacial score (nSPS) is 14.5. The number of nitrogens with zero attached hydrogens (tertiary/aromatic N) is 3. The van der Waals surface area contributed by atoms with Crippen molar-refractivity contribution in [2.45, 2.75) is 12.8 Å². The first-order valence-electron chi connectivity index (χ1n) is 6.53. The number of hydrogen-bond acceptors (Lipinski definition) is 5. The lowest BCUT2D eigenvalue weighted by molar-refractivity contribution is -0.117. The molecule has 0 atom stereocenters. The Morgan fingerprint density at radius 3 is 2.67 bits per heavy atom. The van der Waals surface area contributed by atoms with Crippen molar-refractivity contribution in [1.29, 1.82) is 0 Å². The van der Waals surface area contributed by atoms with Gasteiger partial charge in [-0.2, -0.15) is 4.98 Å². The number of nitrogens with two attached hydrogens (primary N) is 1. The quantitative estimate of drug-likeness (QED) is 0.770. The first-order valence-corrected chi connectivity index (χ1v) is 6.53. The van der Waals surface area contributed by atoms with E-state index in [9.17, 15) is 9.59 Å². The van der Waals surface area contributed by atoms with Gasteiger partial charge in [0.25, 0.3) is 5.91 Å². The van der Waals surface area contributed by atoms with Gasteiger partial charge in [0.2, 0.25) is 17.7 Å². The highest BCUT2D eigenvalue weighted by molar-refractivity contribution is 6.02. The highest BCUT2D eigenvalue weighted by Crippen LogP contribution is 2.23. The fraction of sp³-hybridized carbons (Fsp3) is 0.231. The van der Waals surface area contributed by atoms with Gasteiger partial charge in [-0.25, -0.2) is 0 Å². The van der Waals surface area contributed by atoms with E-state index in [2.05, 4.69) is 20.5 Å². The first-order chi connectivity index (χ1) is 10.1. The number of aromatic nitrogens is 3. The summed E-state index contributed by atoms with van der Waals surface area (Å²) in [5.74, 6) is -0.234. The van der Waals surface area contributed by atoms with Crippen molar-refractivity contribution in [3.05, 3.63) is 30.1 Å². The Kier molecular flexibility index (Phi) is 3.27. The van der Waals surface area contributed by atoms with Crippen LogP contribution >= 0.6 is 0 Å². The lowest BCUT2D eigenvalue weighted by Crippen LogP contribution is -2.23. The summed E-state index contributed by atoms with van der Waals surface area (Å²) in [6.45, 7) is 0.738. The van der Waals surface area contributed by atoms with Crippen LogP contribution in [0.3, 0.4) is 0 Å². The summed E-state index contributed by atoms with van der Waals surface area (Å²) in [6.07, 6.45) is 1.47.